The Morgan fingerprint density at radius 2 is 2.00 bits per heavy atom. The average Bonchev–Trinajstić information content (AvgIpc) is 1.89. The van der Waals surface area contributed by atoms with Crippen LogP contribution in [0.3, 0.4) is 0 Å². The Morgan fingerprint density at radius 3 is 2.36 bits per heavy atom. The highest BCUT2D eigenvalue weighted by molar-refractivity contribution is 5.85. The topological polar surface area (TPSA) is 49.8 Å². The first-order valence-electron chi connectivity index (χ1n) is 3.82. The molecule has 0 saturated heterocycles. The highest BCUT2D eigenvalue weighted by Gasteiger charge is 2.15. The maximum absolute atomic E-state index is 8.52. The molecule has 0 aromatic heterocycles. The van der Waals surface area contributed by atoms with Crippen molar-refractivity contribution < 1.29 is 0 Å². The van der Waals surface area contributed by atoms with E-state index in [1.165, 1.54) is 12.8 Å². The van der Waals surface area contributed by atoms with Crippen molar-refractivity contribution in [3.63, 3.8) is 0 Å². The largest absolute Gasteiger partial charge is 0.314 e. The van der Waals surface area contributed by atoms with Crippen LogP contribution in [0, 0.1) is 11.3 Å². The molecule has 3 heteroatoms. The Morgan fingerprint density at radius 1 is 1.45 bits per heavy atom. The number of nitriles is 1. The standard InChI is InChI=1S/C8H16N2.ClH/c1-3-4-5-6-8(2,10)7-9;/h3-6,10H2,1-2H3;1H. The minimum atomic E-state index is -0.602. The number of hydrogen-bond donors (Lipinski definition) is 1. The molecule has 0 aromatic rings. The highest BCUT2D eigenvalue weighted by Crippen LogP contribution is 2.09. The van der Waals surface area contributed by atoms with Gasteiger partial charge in [0.1, 0.15) is 5.54 Å². The summed E-state index contributed by atoms with van der Waals surface area (Å²) in [6.07, 6.45) is 4.24. The van der Waals surface area contributed by atoms with Gasteiger partial charge >= 0.3 is 0 Å². The zero-order valence-corrected chi connectivity index (χ0v) is 8.08. The van der Waals surface area contributed by atoms with Crippen molar-refractivity contribution in [3.05, 3.63) is 0 Å². The van der Waals surface area contributed by atoms with E-state index in [0.29, 0.717) is 0 Å². The third-order valence-electron chi connectivity index (χ3n) is 1.56. The molecule has 0 radical (unpaired) electrons. The fourth-order valence-corrected chi connectivity index (χ4v) is 0.798. The Kier molecular flexibility index (Phi) is 7.82. The third-order valence-corrected chi connectivity index (χ3v) is 1.56. The first kappa shape index (κ1) is 13.3. The van der Waals surface area contributed by atoms with Crippen molar-refractivity contribution in [1.82, 2.24) is 0 Å². The Labute approximate surface area is 75.2 Å². The van der Waals surface area contributed by atoms with Gasteiger partial charge in [0, 0.05) is 0 Å². The van der Waals surface area contributed by atoms with E-state index in [4.69, 9.17) is 11.0 Å². The molecule has 0 amide bonds. The lowest BCUT2D eigenvalue weighted by atomic mass is 9.98. The number of nitrogens with zero attached hydrogens (tertiary/aromatic N) is 1. The predicted molar refractivity (Wildman–Crippen MR) is 49.6 cm³/mol. The van der Waals surface area contributed by atoms with Crippen LogP contribution < -0.4 is 5.73 Å². The van der Waals surface area contributed by atoms with Crippen molar-refractivity contribution in [2.75, 3.05) is 0 Å². The second-order valence-electron chi connectivity index (χ2n) is 2.99. The van der Waals surface area contributed by atoms with Crippen molar-refractivity contribution in [2.24, 2.45) is 5.73 Å². The summed E-state index contributed by atoms with van der Waals surface area (Å²) in [6, 6.07) is 2.08. The molecular formula is C8H17ClN2. The first-order valence-corrected chi connectivity index (χ1v) is 3.82. The summed E-state index contributed by atoms with van der Waals surface area (Å²) in [6.45, 7) is 3.92. The zero-order chi connectivity index (χ0) is 8.04. The van der Waals surface area contributed by atoms with E-state index in [9.17, 15) is 0 Å². The van der Waals surface area contributed by atoms with E-state index in [2.05, 4.69) is 13.0 Å². The number of nitrogens with two attached hydrogens (primary N) is 1. The second-order valence-corrected chi connectivity index (χ2v) is 2.99. The average molecular weight is 177 g/mol. The van der Waals surface area contributed by atoms with Crippen molar-refractivity contribution in [3.8, 4) is 6.07 Å². The summed E-state index contributed by atoms with van der Waals surface area (Å²) in [5, 5.41) is 8.52. The second kappa shape index (κ2) is 6.45. The molecule has 1 unspecified atom stereocenters. The lowest BCUT2D eigenvalue weighted by molar-refractivity contribution is 0.506. The highest BCUT2D eigenvalue weighted by atomic mass is 35.5. The fraction of sp³-hybridized carbons (Fsp3) is 0.875. The van der Waals surface area contributed by atoms with E-state index in [-0.39, 0.29) is 12.4 Å². The fourth-order valence-electron chi connectivity index (χ4n) is 0.798. The maximum atomic E-state index is 8.52. The lowest BCUT2D eigenvalue weighted by Crippen LogP contribution is -2.33. The molecule has 11 heavy (non-hydrogen) atoms. The van der Waals surface area contributed by atoms with E-state index in [1.54, 1.807) is 6.92 Å². The van der Waals surface area contributed by atoms with E-state index in [1.807, 2.05) is 0 Å². The smallest absolute Gasteiger partial charge is 0.101 e. The molecule has 0 aliphatic rings. The number of hydrogen-bond acceptors (Lipinski definition) is 2. The van der Waals surface area contributed by atoms with Gasteiger partial charge in [0.15, 0.2) is 0 Å². The Balaban J connectivity index is 0. The van der Waals surface area contributed by atoms with Gasteiger partial charge in [0.25, 0.3) is 0 Å². The normalized spacial score (nSPS) is 14.4. The SMILES string of the molecule is CCCCCC(C)(N)C#N.Cl. The molecule has 2 nitrogen and oxygen atoms in total. The van der Waals surface area contributed by atoms with Gasteiger partial charge in [-0.05, 0) is 13.3 Å². The summed E-state index contributed by atoms with van der Waals surface area (Å²) in [7, 11) is 0. The molecule has 0 aliphatic heterocycles. The van der Waals surface area contributed by atoms with Crippen molar-refractivity contribution in [2.45, 2.75) is 45.1 Å². The van der Waals surface area contributed by atoms with Crippen LogP contribution in [0.1, 0.15) is 39.5 Å². The number of rotatable bonds is 4. The molecule has 2 N–H and O–H groups in total. The molecule has 0 aliphatic carbocycles. The van der Waals surface area contributed by atoms with Crippen LogP contribution in [0.4, 0.5) is 0 Å². The molecule has 0 saturated carbocycles. The molecule has 0 aromatic carbocycles. The summed E-state index contributed by atoms with van der Waals surface area (Å²) >= 11 is 0. The van der Waals surface area contributed by atoms with Crippen LogP contribution in [-0.2, 0) is 0 Å². The van der Waals surface area contributed by atoms with Crippen LogP contribution in [0.5, 0.6) is 0 Å². The molecule has 0 bridgehead atoms. The summed E-state index contributed by atoms with van der Waals surface area (Å²) < 4.78 is 0. The Bertz CT molecular complexity index is 127. The molecule has 0 fully saturated rings. The van der Waals surface area contributed by atoms with Gasteiger partial charge in [0.2, 0.25) is 0 Å². The van der Waals surface area contributed by atoms with Gasteiger partial charge in [-0.15, -0.1) is 12.4 Å². The van der Waals surface area contributed by atoms with Gasteiger partial charge in [-0.2, -0.15) is 5.26 Å². The Hall–Kier alpha value is -0.260. The van der Waals surface area contributed by atoms with E-state index in [0.717, 1.165) is 12.8 Å². The van der Waals surface area contributed by atoms with Crippen molar-refractivity contribution >= 4 is 12.4 Å². The van der Waals surface area contributed by atoms with Gasteiger partial charge in [-0.25, -0.2) is 0 Å². The summed E-state index contributed by atoms with van der Waals surface area (Å²) in [5.41, 5.74) is 4.99. The third kappa shape index (κ3) is 7.64. The molecular weight excluding hydrogens is 160 g/mol. The molecule has 0 heterocycles. The van der Waals surface area contributed by atoms with Gasteiger partial charge in [-0.1, -0.05) is 26.2 Å². The minimum Gasteiger partial charge on any atom is -0.314 e. The summed E-state index contributed by atoms with van der Waals surface area (Å²) in [4.78, 5) is 0. The lowest BCUT2D eigenvalue weighted by Gasteiger charge is -2.13. The molecule has 0 rings (SSSR count). The van der Waals surface area contributed by atoms with E-state index < -0.39 is 5.54 Å². The zero-order valence-electron chi connectivity index (χ0n) is 7.26. The van der Waals surface area contributed by atoms with Crippen LogP contribution in [0.15, 0.2) is 0 Å². The number of halogens is 1. The summed E-state index contributed by atoms with van der Waals surface area (Å²) in [5.74, 6) is 0. The van der Waals surface area contributed by atoms with Crippen LogP contribution in [0.2, 0.25) is 0 Å². The monoisotopic (exact) mass is 176 g/mol. The number of unbranched alkanes of at least 4 members (excludes halogenated alkanes) is 2. The van der Waals surface area contributed by atoms with Gasteiger partial charge in [0.05, 0.1) is 6.07 Å². The molecule has 0 spiro atoms. The molecule has 1 atom stereocenters. The van der Waals surface area contributed by atoms with Crippen LogP contribution in [-0.4, -0.2) is 5.54 Å². The van der Waals surface area contributed by atoms with Gasteiger partial charge in [-0.3, -0.25) is 0 Å². The van der Waals surface area contributed by atoms with Crippen molar-refractivity contribution in [1.29, 1.82) is 5.26 Å². The van der Waals surface area contributed by atoms with E-state index >= 15 is 0 Å². The van der Waals surface area contributed by atoms with Crippen LogP contribution >= 0.6 is 12.4 Å². The molecule has 66 valence electrons. The first-order chi connectivity index (χ1) is 4.62. The van der Waals surface area contributed by atoms with Gasteiger partial charge < -0.3 is 5.73 Å². The predicted octanol–water partition coefficient (Wildman–Crippen LogP) is 2.23. The maximum Gasteiger partial charge on any atom is 0.101 e. The quantitative estimate of drug-likeness (QED) is 0.668. The minimum absolute atomic E-state index is 0. The van der Waals surface area contributed by atoms with Crippen LogP contribution in [0.25, 0.3) is 0 Å².